The molecule has 0 aliphatic carbocycles. The molecule has 2 aromatic heterocycles. The molecule has 0 unspecified atom stereocenters. The molecule has 0 amide bonds. The molecule has 2 heterocycles. The number of nitrogens with one attached hydrogen (secondary N) is 1. The maximum atomic E-state index is 14.0. The Hall–Kier alpha value is -2.82. The second kappa shape index (κ2) is 9.09. The van der Waals surface area contributed by atoms with Gasteiger partial charge in [0, 0.05) is 11.0 Å². The fourth-order valence-electron chi connectivity index (χ4n) is 3.51. The maximum Gasteiger partial charge on any atom is 0.416 e. The summed E-state index contributed by atoms with van der Waals surface area (Å²) in [6, 6.07) is 9.13. The molecular weight excluding hydrogens is 483 g/mol. The summed E-state index contributed by atoms with van der Waals surface area (Å²) in [6.45, 7) is 4.82. The molecule has 2 aromatic carbocycles. The van der Waals surface area contributed by atoms with Crippen molar-refractivity contribution >= 4 is 45.7 Å². The molecule has 5 nitrogen and oxygen atoms in total. The van der Waals surface area contributed by atoms with Crippen molar-refractivity contribution in [1.82, 2.24) is 15.2 Å². The summed E-state index contributed by atoms with van der Waals surface area (Å²) < 4.78 is 42.7. The minimum atomic E-state index is -4.65. The Morgan fingerprint density at radius 1 is 1.18 bits per heavy atom. The first kappa shape index (κ1) is 24.3. The number of fused-ring (bicyclic) bond motifs is 1. The summed E-state index contributed by atoms with van der Waals surface area (Å²) in [5, 5.41) is 28.5. The van der Waals surface area contributed by atoms with Gasteiger partial charge in [-0.05, 0) is 60.6 Å². The zero-order valence-electron chi connectivity index (χ0n) is 18.6. The number of aromatic amines is 1. The van der Waals surface area contributed by atoms with E-state index in [1.165, 1.54) is 55.2 Å². The third-order valence-corrected chi connectivity index (χ3v) is 7.32. The molecule has 0 spiro atoms. The van der Waals surface area contributed by atoms with Gasteiger partial charge in [0.25, 0.3) is 0 Å². The number of halogens is 3. The van der Waals surface area contributed by atoms with Crippen molar-refractivity contribution in [3.63, 3.8) is 0 Å². The van der Waals surface area contributed by atoms with Crippen molar-refractivity contribution in [3.8, 4) is 5.88 Å². The highest BCUT2D eigenvalue weighted by atomic mass is 32.2. The smallest absolute Gasteiger partial charge is 0.416 e. The van der Waals surface area contributed by atoms with Crippen LogP contribution in [0.15, 0.2) is 46.9 Å². The average Bonchev–Trinajstić information content (AvgIpc) is 3.36. The van der Waals surface area contributed by atoms with E-state index in [0.717, 1.165) is 22.7 Å². The minimum absolute atomic E-state index is 0.0831. The van der Waals surface area contributed by atoms with Gasteiger partial charge in [0.05, 0.1) is 27.8 Å². The Balaban J connectivity index is 1.96. The molecule has 0 aliphatic rings. The molecule has 0 saturated heterocycles. The summed E-state index contributed by atoms with van der Waals surface area (Å²) in [5.41, 5.74) is -0.436. The SMILES string of the molecule is CCSc1nc(O)c(C(=Cc2ccc(C(C)(C)O)cc2C(F)(F)F)c2ccc3[nH]ncc3c2)s1. The van der Waals surface area contributed by atoms with Gasteiger partial charge in [-0.3, -0.25) is 5.10 Å². The van der Waals surface area contributed by atoms with Gasteiger partial charge in [0.1, 0.15) is 0 Å². The monoisotopic (exact) mass is 505 g/mol. The van der Waals surface area contributed by atoms with Crippen LogP contribution in [0.5, 0.6) is 5.88 Å². The highest BCUT2D eigenvalue weighted by Crippen LogP contribution is 2.42. The van der Waals surface area contributed by atoms with Gasteiger partial charge in [0.2, 0.25) is 5.88 Å². The fourth-order valence-corrected chi connectivity index (χ4v) is 5.48. The van der Waals surface area contributed by atoms with E-state index in [1.54, 1.807) is 24.4 Å². The van der Waals surface area contributed by atoms with E-state index in [9.17, 15) is 23.4 Å². The lowest BCUT2D eigenvalue weighted by Gasteiger charge is -2.21. The summed E-state index contributed by atoms with van der Waals surface area (Å²) >= 11 is 2.67. The molecular formula is C24H22F3N3O2S2. The first-order valence-corrected chi connectivity index (χ1v) is 12.2. The van der Waals surface area contributed by atoms with Crippen LogP contribution in [0, 0.1) is 0 Å². The van der Waals surface area contributed by atoms with Crippen LogP contribution in [-0.2, 0) is 11.8 Å². The third kappa shape index (κ3) is 4.98. The number of aliphatic hydroxyl groups is 1. The van der Waals surface area contributed by atoms with Crippen molar-refractivity contribution in [1.29, 1.82) is 0 Å². The minimum Gasteiger partial charge on any atom is -0.492 e. The van der Waals surface area contributed by atoms with E-state index in [4.69, 9.17) is 0 Å². The summed E-state index contributed by atoms with van der Waals surface area (Å²) in [7, 11) is 0. The Morgan fingerprint density at radius 2 is 1.94 bits per heavy atom. The molecule has 0 radical (unpaired) electrons. The van der Waals surface area contributed by atoms with E-state index in [2.05, 4.69) is 15.2 Å². The molecule has 34 heavy (non-hydrogen) atoms. The fraction of sp³-hybridized carbons (Fsp3) is 0.250. The zero-order valence-corrected chi connectivity index (χ0v) is 20.2. The lowest BCUT2D eigenvalue weighted by Crippen LogP contribution is -2.18. The number of hydrogen-bond acceptors (Lipinski definition) is 6. The third-order valence-electron chi connectivity index (χ3n) is 5.22. The van der Waals surface area contributed by atoms with Gasteiger partial charge < -0.3 is 10.2 Å². The number of aromatic nitrogens is 3. The summed E-state index contributed by atoms with van der Waals surface area (Å²) in [4.78, 5) is 4.55. The van der Waals surface area contributed by atoms with Crippen LogP contribution in [0.25, 0.3) is 22.6 Å². The van der Waals surface area contributed by atoms with Crippen LogP contribution in [0.2, 0.25) is 0 Å². The van der Waals surface area contributed by atoms with Crippen molar-refractivity contribution < 1.29 is 23.4 Å². The number of hydrogen-bond donors (Lipinski definition) is 3. The number of aromatic hydroxyl groups is 1. The number of thioether (sulfide) groups is 1. The summed E-state index contributed by atoms with van der Waals surface area (Å²) in [5.74, 6) is 0.504. The lowest BCUT2D eigenvalue weighted by molar-refractivity contribution is -0.137. The van der Waals surface area contributed by atoms with E-state index < -0.39 is 17.3 Å². The topological polar surface area (TPSA) is 82.0 Å². The number of thiazole rings is 1. The van der Waals surface area contributed by atoms with E-state index in [-0.39, 0.29) is 17.0 Å². The van der Waals surface area contributed by atoms with Gasteiger partial charge in [-0.2, -0.15) is 23.3 Å². The molecule has 3 N–H and O–H groups in total. The molecule has 178 valence electrons. The second-order valence-corrected chi connectivity index (χ2v) is 10.7. The van der Waals surface area contributed by atoms with Crippen LogP contribution < -0.4 is 0 Å². The molecule has 0 fully saturated rings. The van der Waals surface area contributed by atoms with Gasteiger partial charge in [0.15, 0.2) is 4.34 Å². The molecule has 4 aromatic rings. The van der Waals surface area contributed by atoms with Crippen LogP contribution >= 0.6 is 23.1 Å². The van der Waals surface area contributed by atoms with Crippen molar-refractivity contribution in [3.05, 3.63) is 69.7 Å². The first-order chi connectivity index (χ1) is 16.0. The molecule has 4 rings (SSSR count). The van der Waals surface area contributed by atoms with Gasteiger partial charge in [-0.1, -0.05) is 36.9 Å². The predicted octanol–water partition coefficient (Wildman–Crippen LogP) is 6.67. The molecule has 10 heteroatoms. The molecule has 0 saturated carbocycles. The highest BCUT2D eigenvalue weighted by Gasteiger charge is 2.34. The van der Waals surface area contributed by atoms with Crippen molar-refractivity contribution in [2.75, 3.05) is 5.75 Å². The Labute approximate surface area is 202 Å². The number of nitrogens with zero attached hydrogens (tertiary/aromatic N) is 2. The molecule has 0 aliphatic heterocycles. The predicted molar refractivity (Wildman–Crippen MR) is 130 cm³/mol. The Bertz CT molecular complexity index is 1370. The lowest BCUT2D eigenvalue weighted by atomic mass is 9.92. The number of alkyl halides is 3. The van der Waals surface area contributed by atoms with E-state index in [1.807, 2.05) is 6.92 Å². The van der Waals surface area contributed by atoms with Gasteiger partial charge >= 0.3 is 6.18 Å². The quantitative estimate of drug-likeness (QED) is 0.201. The van der Waals surface area contributed by atoms with Crippen molar-refractivity contribution in [2.45, 2.75) is 36.9 Å². The number of benzene rings is 2. The van der Waals surface area contributed by atoms with Gasteiger partial charge in [-0.15, -0.1) is 11.3 Å². The maximum absolute atomic E-state index is 14.0. The molecule has 0 bridgehead atoms. The van der Waals surface area contributed by atoms with Crippen LogP contribution in [0.1, 0.15) is 47.9 Å². The van der Waals surface area contributed by atoms with Gasteiger partial charge in [-0.25, -0.2) is 0 Å². The Kier molecular flexibility index (Phi) is 6.50. The highest BCUT2D eigenvalue weighted by molar-refractivity contribution is 8.01. The van der Waals surface area contributed by atoms with Crippen LogP contribution in [0.3, 0.4) is 0 Å². The first-order valence-electron chi connectivity index (χ1n) is 10.4. The number of H-pyrrole nitrogens is 1. The largest absolute Gasteiger partial charge is 0.492 e. The van der Waals surface area contributed by atoms with E-state index >= 15 is 0 Å². The van der Waals surface area contributed by atoms with Crippen LogP contribution in [-0.4, -0.2) is 31.1 Å². The second-order valence-electron chi connectivity index (χ2n) is 8.15. The van der Waals surface area contributed by atoms with Crippen LogP contribution in [0.4, 0.5) is 13.2 Å². The zero-order chi connectivity index (χ0) is 24.7. The average molecular weight is 506 g/mol. The van der Waals surface area contributed by atoms with Crippen molar-refractivity contribution in [2.24, 2.45) is 0 Å². The Morgan fingerprint density at radius 3 is 2.62 bits per heavy atom. The molecule has 0 atom stereocenters. The standard InChI is InChI=1S/C24H22F3N3O2S2/c1-4-33-22-29-21(31)20(34-22)17(13-6-8-19-15(9-13)12-28-30-19)10-14-5-7-16(23(2,3)32)11-18(14)24(25,26)27/h5-12,31-32H,4H2,1-3H3,(H,28,30). The summed E-state index contributed by atoms with van der Waals surface area (Å²) in [6.07, 6.45) is -1.61. The van der Waals surface area contributed by atoms with E-state index in [0.29, 0.717) is 20.4 Å². The number of rotatable bonds is 6. The normalized spacial score (nSPS) is 13.1.